The lowest BCUT2D eigenvalue weighted by Gasteiger charge is -2.37. The van der Waals surface area contributed by atoms with Crippen LogP contribution in [0.5, 0.6) is 0 Å². The Bertz CT molecular complexity index is 767. The van der Waals surface area contributed by atoms with E-state index in [2.05, 4.69) is 15.5 Å². The molecule has 3 aliphatic heterocycles. The highest BCUT2D eigenvalue weighted by Gasteiger charge is 2.29. The Balaban J connectivity index is 1.34. The molecule has 7 nitrogen and oxygen atoms in total. The average Bonchev–Trinajstić information content (AvgIpc) is 2.75. The summed E-state index contributed by atoms with van der Waals surface area (Å²) in [6, 6.07) is 7.34. The summed E-state index contributed by atoms with van der Waals surface area (Å²) in [5, 5.41) is 5.81. The van der Waals surface area contributed by atoms with Gasteiger partial charge in [-0.05, 0) is 56.0 Å². The van der Waals surface area contributed by atoms with Crippen molar-refractivity contribution in [3.05, 3.63) is 35.4 Å². The molecule has 156 valence electrons. The second-order valence-electron chi connectivity index (χ2n) is 8.42. The maximum absolute atomic E-state index is 13.0. The molecule has 29 heavy (non-hydrogen) atoms. The Hall–Kier alpha value is -2.25. The fraction of sp³-hybridized carbons (Fsp3) is 0.591. The number of carbonyl (C=O) groups is 3. The van der Waals surface area contributed by atoms with E-state index in [4.69, 9.17) is 0 Å². The van der Waals surface area contributed by atoms with Crippen molar-refractivity contribution < 1.29 is 14.4 Å². The Morgan fingerprint density at radius 2 is 1.79 bits per heavy atom. The smallest absolute Gasteiger partial charge is 0.253 e. The van der Waals surface area contributed by atoms with Gasteiger partial charge in [-0.1, -0.05) is 12.1 Å². The molecular formula is C22H30N4O3. The quantitative estimate of drug-likeness (QED) is 0.739. The Labute approximate surface area is 171 Å². The molecule has 4 rings (SSSR count). The van der Waals surface area contributed by atoms with Crippen LogP contribution in [0.3, 0.4) is 0 Å². The van der Waals surface area contributed by atoms with E-state index < -0.39 is 0 Å². The first-order valence-electron chi connectivity index (χ1n) is 10.8. The van der Waals surface area contributed by atoms with Crippen LogP contribution in [-0.2, 0) is 9.59 Å². The zero-order valence-corrected chi connectivity index (χ0v) is 16.9. The van der Waals surface area contributed by atoms with E-state index in [1.165, 1.54) is 12.8 Å². The molecule has 0 aromatic heterocycles. The average molecular weight is 399 g/mol. The minimum absolute atomic E-state index is 0.0284. The Kier molecular flexibility index (Phi) is 6.25. The monoisotopic (exact) mass is 398 g/mol. The van der Waals surface area contributed by atoms with Crippen molar-refractivity contribution in [1.29, 1.82) is 0 Å². The van der Waals surface area contributed by atoms with Gasteiger partial charge >= 0.3 is 0 Å². The third kappa shape index (κ3) is 4.85. The number of hydrogen-bond donors (Lipinski definition) is 2. The summed E-state index contributed by atoms with van der Waals surface area (Å²) in [6.45, 7) is 6.69. The van der Waals surface area contributed by atoms with Gasteiger partial charge in [0.1, 0.15) is 0 Å². The van der Waals surface area contributed by atoms with Crippen LogP contribution in [0.4, 0.5) is 0 Å². The van der Waals surface area contributed by atoms with Gasteiger partial charge in [0.25, 0.3) is 5.91 Å². The van der Waals surface area contributed by atoms with Crippen LogP contribution < -0.4 is 10.6 Å². The number of carbonyl (C=O) groups excluding carboxylic acids is 3. The minimum Gasteiger partial charge on any atom is -0.336 e. The van der Waals surface area contributed by atoms with Crippen LogP contribution in [0, 0.1) is 5.92 Å². The van der Waals surface area contributed by atoms with Gasteiger partial charge in [0.15, 0.2) is 0 Å². The van der Waals surface area contributed by atoms with Gasteiger partial charge in [0.05, 0.1) is 5.92 Å². The molecule has 1 unspecified atom stereocenters. The molecule has 7 heteroatoms. The SMILES string of the molecule is O=C1CCC(c2cccc(C(=O)N3CCN(CC4CCNCC4)CC3)c2)C(=O)N1. The van der Waals surface area contributed by atoms with Gasteiger partial charge in [-0.15, -0.1) is 0 Å². The summed E-state index contributed by atoms with van der Waals surface area (Å²) in [7, 11) is 0. The first-order valence-corrected chi connectivity index (χ1v) is 10.8. The molecule has 3 amide bonds. The van der Waals surface area contributed by atoms with Crippen LogP contribution in [0.1, 0.15) is 47.5 Å². The molecule has 1 aromatic rings. The highest BCUT2D eigenvalue weighted by atomic mass is 16.2. The molecule has 0 spiro atoms. The molecule has 1 atom stereocenters. The van der Waals surface area contributed by atoms with Crippen molar-refractivity contribution >= 4 is 17.7 Å². The number of rotatable bonds is 4. The van der Waals surface area contributed by atoms with E-state index in [9.17, 15) is 14.4 Å². The molecule has 3 fully saturated rings. The third-order valence-electron chi connectivity index (χ3n) is 6.41. The lowest BCUT2D eigenvalue weighted by atomic mass is 9.89. The number of amides is 3. The highest BCUT2D eigenvalue weighted by molar-refractivity contribution is 6.01. The Morgan fingerprint density at radius 1 is 1.03 bits per heavy atom. The van der Waals surface area contributed by atoms with Crippen LogP contribution >= 0.6 is 0 Å². The van der Waals surface area contributed by atoms with E-state index in [-0.39, 0.29) is 23.6 Å². The van der Waals surface area contributed by atoms with E-state index >= 15 is 0 Å². The first-order chi connectivity index (χ1) is 14.1. The first kappa shape index (κ1) is 20.0. The number of nitrogens with one attached hydrogen (secondary N) is 2. The summed E-state index contributed by atoms with van der Waals surface area (Å²) >= 11 is 0. The number of hydrogen-bond acceptors (Lipinski definition) is 5. The van der Waals surface area contributed by atoms with E-state index in [0.29, 0.717) is 18.4 Å². The maximum Gasteiger partial charge on any atom is 0.253 e. The second-order valence-corrected chi connectivity index (χ2v) is 8.42. The number of imide groups is 1. The van der Waals surface area contributed by atoms with E-state index in [1.54, 1.807) is 0 Å². The molecule has 3 aliphatic rings. The standard InChI is InChI=1S/C22H30N4O3/c27-20-5-4-19(21(28)24-20)17-2-1-3-18(14-17)22(29)26-12-10-25(11-13-26)15-16-6-8-23-9-7-16/h1-3,14,16,19,23H,4-13,15H2,(H,24,27,28). The molecule has 1 aromatic carbocycles. The lowest BCUT2D eigenvalue weighted by molar-refractivity contribution is -0.134. The molecule has 2 N–H and O–H groups in total. The lowest BCUT2D eigenvalue weighted by Crippen LogP contribution is -2.50. The third-order valence-corrected chi connectivity index (χ3v) is 6.41. The molecule has 0 aliphatic carbocycles. The van der Waals surface area contributed by atoms with Crippen molar-refractivity contribution in [2.45, 2.75) is 31.6 Å². The van der Waals surface area contributed by atoms with Crippen molar-refractivity contribution in [1.82, 2.24) is 20.4 Å². The topological polar surface area (TPSA) is 81.8 Å². The van der Waals surface area contributed by atoms with Crippen molar-refractivity contribution in [3.63, 3.8) is 0 Å². The predicted molar refractivity (Wildman–Crippen MR) is 110 cm³/mol. The largest absolute Gasteiger partial charge is 0.336 e. The van der Waals surface area contributed by atoms with Gasteiger partial charge in [0, 0.05) is 44.7 Å². The van der Waals surface area contributed by atoms with Gasteiger partial charge in [-0.3, -0.25) is 24.6 Å². The summed E-state index contributed by atoms with van der Waals surface area (Å²) in [4.78, 5) is 40.9. The van der Waals surface area contributed by atoms with Crippen molar-refractivity contribution in [3.8, 4) is 0 Å². The number of benzene rings is 1. The molecule has 0 bridgehead atoms. The summed E-state index contributed by atoms with van der Waals surface area (Å²) in [6.07, 6.45) is 3.32. The van der Waals surface area contributed by atoms with Crippen LogP contribution in [0.15, 0.2) is 24.3 Å². The van der Waals surface area contributed by atoms with Crippen molar-refractivity contribution in [2.75, 3.05) is 45.8 Å². The van der Waals surface area contributed by atoms with E-state index in [1.807, 2.05) is 29.2 Å². The molecule has 3 heterocycles. The van der Waals surface area contributed by atoms with Crippen LogP contribution in [-0.4, -0.2) is 73.3 Å². The summed E-state index contributed by atoms with van der Waals surface area (Å²) < 4.78 is 0. The minimum atomic E-state index is -0.359. The van der Waals surface area contributed by atoms with E-state index in [0.717, 1.165) is 57.3 Å². The second kappa shape index (κ2) is 9.05. The number of nitrogens with zero attached hydrogens (tertiary/aromatic N) is 2. The molecule has 3 saturated heterocycles. The van der Waals surface area contributed by atoms with Gasteiger partial charge in [-0.2, -0.15) is 0 Å². The fourth-order valence-electron chi connectivity index (χ4n) is 4.65. The van der Waals surface area contributed by atoms with Gasteiger partial charge < -0.3 is 10.2 Å². The fourth-order valence-corrected chi connectivity index (χ4v) is 4.65. The predicted octanol–water partition coefficient (Wildman–Crippen LogP) is 0.964. The highest BCUT2D eigenvalue weighted by Crippen LogP contribution is 2.26. The molecule has 0 saturated carbocycles. The van der Waals surface area contributed by atoms with Gasteiger partial charge in [0.2, 0.25) is 11.8 Å². The van der Waals surface area contributed by atoms with Crippen molar-refractivity contribution in [2.24, 2.45) is 5.92 Å². The Morgan fingerprint density at radius 3 is 2.52 bits per heavy atom. The zero-order valence-electron chi connectivity index (χ0n) is 16.9. The number of piperidine rings is 2. The molecule has 0 radical (unpaired) electrons. The van der Waals surface area contributed by atoms with Crippen LogP contribution in [0.2, 0.25) is 0 Å². The number of piperazine rings is 1. The maximum atomic E-state index is 13.0. The summed E-state index contributed by atoms with van der Waals surface area (Å²) in [5.41, 5.74) is 1.43. The molecular weight excluding hydrogens is 368 g/mol. The summed E-state index contributed by atoms with van der Waals surface area (Å²) in [5.74, 6) is -0.0511. The zero-order chi connectivity index (χ0) is 20.2. The van der Waals surface area contributed by atoms with Gasteiger partial charge in [-0.25, -0.2) is 0 Å². The van der Waals surface area contributed by atoms with Crippen LogP contribution in [0.25, 0.3) is 0 Å². The normalized spacial score (nSPS) is 24.4.